The van der Waals surface area contributed by atoms with Gasteiger partial charge in [0.15, 0.2) is 0 Å². The molecule has 0 aliphatic rings. The predicted molar refractivity (Wildman–Crippen MR) is 122 cm³/mol. The zero-order chi connectivity index (χ0) is 18.3. The minimum Gasteiger partial charge on any atom is -0.352 e. The standard InChI is InChI=1S/C16H41N3SSi3/c1-11-20(4,5)17(3)13-14-18(23(9,10)12-2)15-16-19(21-6)22(7)8/h11-12,22H,1-2,13-16,21H2,3-10H3. The van der Waals surface area contributed by atoms with Gasteiger partial charge in [0.2, 0.25) is 0 Å². The molecular formula is C16H41N3SSi3. The molecule has 0 unspecified atom stereocenters. The van der Waals surface area contributed by atoms with Crippen molar-refractivity contribution in [3.63, 3.8) is 0 Å². The molecule has 0 rings (SSSR count). The Hall–Kier alpha value is 0.361. The first-order valence-corrected chi connectivity index (χ1v) is 19.1. The van der Waals surface area contributed by atoms with E-state index in [1.165, 1.54) is 13.1 Å². The molecule has 0 N–H and O–H groups in total. The molecule has 0 saturated heterocycles. The Morgan fingerprint density at radius 3 is 2.00 bits per heavy atom. The van der Waals surface area contributed by atoms with Crippen LogP contribution in [0.1, 0.15) is 0 Å². The summed E-state index contributed by atoms with van der Waals surface area (Å²) >= 11 is 0. The van der Waals surface area contributed by atoms with Crippen LogP contribution in [0.2, 0.25) is 32.7 Å². The van der Waals surface area contributed by atoms with Gasteiger partial charge in [-0.1, -0.05) is 45.0 Å². The first kappa shape index (κ1) is 23.4. The summed E-state index contributed by atoms with van der Waals surface area (Å²) in [4.78, 5) is 0. The van der Waals surface area contributed by atoms with Crippen molar-refractivity contribution < 1.29 is 0 Å². The zero-order valence-corrected chi connectivity index (χ0v) is 21.3. The molecule has 0 radical (unpaired) electrons. The van der Waals surface area contributed by atoms with Gasteiger partial charge in [-0.25, -0.2) is 0 Å². The lowest BCUT2D eigenvalue weighted by Crippen LogP contribution is -2.53. The maximum absolute atomic E-state index is 4.13. The molecule has 0 fully saturated rings. The molecular weight excluding hydrogens is 351 g/mol. The van der Waals surface area contributed by atoms with Gasteiger partial charge in [0.05, 0.1) is 18.6 Å². The van der Waals surface area contributed by atoms with E-state index < -0.39 is 27.4 Å². The fraction of sp³-hybridized carbons (Fsp3) is 0.750. The molecule has 23 heavy (non-hydrogen) atoms. The minimum absolute atomic E-state index is 0.0298. The Kier molecular flexibility index (Phi) is 10.5. The molecule has 7 heteroatoms. The summed E-state index contributed by atoms with van der Waals surface area (Å²) in [5.74, 6) is 0. The van der Waals surface area contributed by atoms with Crippen LogP contribution in [0.25, 0.3) is 0 Å². The third-order valence-electron chi connectivity index (χ3n) is 5.00. The van der Waals surface area contributed by atoms with E-state index in [0.29, 0.717) is 0 Å². The van der Waals surface area contributed by atoms with Gasteiger partial charge in [-0.2, -0.15) is 10.2 Å². The number of nitrogens with zero attached hydrogens (tertiary/aromatic N) is 3. The molecule has 0 saturated carbocycles. The van der Waals surface area contributed by atoms with E-state index in [0.717, 1.165) is 13.1 Å². The lowest BCUT2D eigenvalue weighted by Gasteiger charge is -2.42. The number of likely N-dealkylation sites (N-methyl/N-ethyl adjacent to an activating group) is 1. The van der Waals surface area contributed by atoms with Gasteiger partial charge < -0.3 is 8.80 Å². The summed E-state index contributed by atoms with van der Waals surface area (Å²) in [6.07, 6.45) is 4.63. The van der Waals surface area contributed by atoms with Crippen molar-refractivity contribution in [2.45, 2.75) is 32.7 Å². The smallest absolute Gasteiger partial charge is 0.146 e. The second-order valence-corrected chi connectivity index (χ2v) is 20.5. The summed E-state index contributed by atoms with van der Waals surface area (Å²) in [7, 11) is -0.762. The highest BCUT2D eigenvalue weighted by molar-refractivity contribution is 8.33. The number of hydrogen-bond donors (Lipinski definition) is 0. The molecule has 0 bridgehead atoms. The van der Waals surface area contributed by atoms with Crippen LogP contribution in [-0.2, 0) is 0 Å². The lowest BCUT2D eigenvalue weighted by molar-refractivity contribution is 0.373. The highest BCUT2D eigenvalue weighted by atomic mass is 32.3. The van der Waals surface area contributed by atoms with Crippen LogP contribution in [0.5, 0.6) is 0 Å². The van der Waals surface area contributed by atoms with Gasteiger partial charge in [0, 0.05) is 19.6 Å². The Balaban J connectivity index is 4.84. The van der Waals surface area contributed by atoms with E-state index in [9.17, 15) is 0 Å². The Bertz CT molecular complexity index is 376. The van der Waals surface area contributed by atoms with Gasteiger partial charge in [0.1, 0.15) is 8.24 Å². The molecule has 0 aromatic carbocycles. The first-order chi connectivity index (χ1) is 10.5. The SMILES string of the molecule is C=C[Si](C)(C)N(CCN([SiH2]C)[SiH](C)C)CCN(C)S(C)(C)C=C. The van der Waals surface area contributed by atoms with Crippen molar-refractivity contribution in [3.05, 3.63) is 24.3 Å². The van der Waals surface area contributed by atoms with Gasteiger partial charge >= 0.3 is 0 Å². The van der Waals surface area contributed by atoms with Crippen LogP contribution in [0.15, 0.2) is 24.3 Å². The van der Waals surface area contributed by atoms with Crippen LogP contribution in [-0.4, -0.2) is 85.7 Å². The van der Waals surface area contributed by atoms with Crippen molar-refractivity contribution in [3.8, 4) is 0 Å². The summed E-state index contributed by atoms with van der Waals surface area (Å²) in [6, 6.07) is 0. The normalized spacial score (nSPS) is 14.6. The Morgan fingerprint density at radius 2 is 1.61 bits per heavy atom. The van der Waals surface area contributed by atoms with Gasteiger partial charge in [-0.15, -0.1) is 6.58 Å². The average molecular weight is 392 g/mol. The van der Waals surface area contributed by atoms with E-state index in [4.69, 9.17) is 0 Å². The third-order valence-corrected chi connectivity index (χ3v) is 16.8. The molecule has 138 valence electrons. The van der Waals surface area contributed by atoms with Crippen LogP contribution >= 0.6 is 10.2 Å². The topological polar surface area (TPSA) is 9.72 Å². The van der Waals surface area contributed by atoms with Crippen LogP contribution in [0.4, 0.5) is 0 Å². The van der Waals surface area contributed by atoms with E-state index >= 15 is 0 Å². The lowest BCUT2D eigenvalue weighted by atomic mass is 10.5. The highest BCUT2D eigenvalue weighted by Crippen LogP contribution is 2.43. The maximum Gasteiger partial charge on any atom is 0.146 e. The molecule has 0 aromatic heterocycles. The minimum atomic E-state index is -1.50. The van der Waals surface area contributed by atoms with Gasteiger partial charge in [-0.3, -0.25) is 4.31 Å². The van der Waals surface area contributed by atoms with E-state index in [2.05, 4.69) is 89.7 Å². The second kappa shape index (κ2) is 10.4. The average Bonchev–Trinajstić information content (AvgIpc) is 2.49. The first-order valence-electron chi connectivity index (χ1n) is 8.71. The van der Waals surface area contributed by atoms with Crippen molar-refractivity contribution >= 4 is 37.1 Å². The number of hydrogen-bond acceptors (Lipinski definition) is 3. The molecule has 0 aliphatic heterocycles. The van der Waals surface area contributed by atoms with E-state index in [-0.39, 0.29) is 9.68 Å². The molecule has 0 spiro atoms. The largest absolute Gasteiger partial charge is 0.352 e. The van der Waals surface area contributed by atoms with Crippen molar-refractivity contribution in [1.82, 2.24) is 13.1 Å². The summed E-state index contributed by atoms with van der Waals surface area (Å²) in [6.45, 7) is 25.1. The third kappa shape index (κ3) is 7.85. The maximum atomic E-state index is 4.13. The monoisotopic (exact) mass is 391 g/mol. The van der Waals surface area contributed by atoms with Crippen LogP contribution in [0.3, 0.4) is 0 Å². The van der Waals surface area contributed by atoms with Gasteiger partial charge in [-0.05, 0) is 31.5 Å². The van der Waals surface area contributed by atoms with Crippen LogP contribution in [0, 0.1) is 0 Å². The fourth-order valence-corrected chi connectivity index (χ4v) is 8.90. The van der Waals surface area contributed by atoms with E-state index in [1.54, 1.807) is 0 Å². The Labute approximate surface area is 152 Å². The van der Waals surface area contributed by atoms with Gasteiger partial charge in [0.25, 0.3) is 0 Å². The predicted octanol–water partition coefficient (Wildman–Crippen LogP) is 2.69. The summed E-state index contributed by atoms with van der Waals surface area (Å²) in [5.41, 5.74) is 2.24. The van der Waals surface area contributed by atoms with Crippen molar-refractivity contribution in [2.24, 2.45) is 0 Å². The van der Waals surface area contributed by atoms with Crippen molar-refractivity contribution in [1.29, 1.82) is 0 Å². The molecule has 0 aromatic rings. The number of rotatable bonds is 12. The van der Waals surface area contributed by atoms with Crippen LogP contribution < -0.4 is 0 Å². The second-order valence-electron chi connectivity index (χ2n) is 7.44. The van der Waals surface area contributed by atoms with Crippen molar-refractivity contribution in [2.75, 3.05) is 45.7 Å². The molecule has 3 nitrogen and oxygen atoms in total. The fourth-order valence-electron chi connectivity index (χ4n) is 2.47. The molecule has 0 atom stereocenters. The summed E-state index contributed by atoms with van der Waals surface area (Å²) in [5, 5.41) is 2.13. The van der Waals surface area contributed by atoms with E-state index in [1.807, 2.05) is 0 Å². The molecule has 0 heterocycles. The summed E-state index contributed by atoms with van der Waals surface area (Å²) < 4.78 is 8.05. The quantitative estimate of drug-likeness (QED) is 0.474. The molecule has 0 amide bonds. The zero-order valence-electron chi connectivity index (χ0n) is 16.9. The molecule has 0 aliphatic carbocycles. The Morgan fingerprint density at radius 1 is 1.09 bits per heavy atom. The highest BCUT2D eigenvalue weighted by Gasteiger charge is 2.27.